The van der Waals surface area contributed by atoms with E-state index < -0.39 is 0 Å². The molecule has 0 N–H and O–H groups in total. The standard InChI is InChI=1S/C16H17ClN2O2/c1-3-14-13(9-19(2)18-14)15(20)8-11-7-12(17)6-10-4-5-21-16(10)11/h6-7,9H,3-5,8H2,1-2H3. The molecule has 1 aromatic heterocycles. The number of benzene rings is 1. The van der Waals surface area contributed by atoms with Gasteiger partial charge in [0.15, 0.2) is 5.78 Å². The first-order chi connectivity index (χ1) is 10.1. The maximum Gasteiger partial charge on any atom is 0.170 e. The smallest absolute Gasteiger partial charge is 0.170 e. The summed E-state index contributed by atoms with van der Waals surface area (Å²) in [5, 5.41) is 4.98. The lowest BCUT2D eigenvalue weighted by atomic mass is 10.00. The minimum atomic E-state index is 0.0555. The minimum Gasteiger partial charge on any atom is -0.493 e. The predicted octanol–water partition coefficient (Wildman–Crippen LogP) is 3.00. The monoisotopic (exact) mass is 304 g/mol. The highest BCUT2D eigenvalue weighted by Gasteiger charge is 2.21. The quantitative estimate of drug-likeness (QED) is 0.816. The lowest BCUT2D eigenvalue weighted by molar-refractivity contribution is 0.0991. The first-order valence-electron chi connectivity index (χ1n) is 7.08. The van der Waals surface area contributed by atoms with Crippen molar-refractivity contribution in [2.24, 2.45) is 7.05 Å². The number of rotatable bonds is 4. The highest BCUT2D eigenvalue weighted by atomic mass is 35.5. The summed E-state index contributed by atoms with van der Waals surface area (Å²) in [4.78, 5) is 12.6. The molecule has 0 saturated heterocycles. The fraction of sp³-hybridized carbons (Fsp3) is 0.375. The topological polar surface area (TPSA) is 44.1 Å². The third-order valence-corrected chi connectivity index (χ3v) is 3.94. The Kier molecular flexibility index (Phi) is 3.72. The number of fused-ring (bicyclic) bond motifs is 1. The van der Waals surface area contributed by atoms with Crippen LogP contribution in [0.2, 0.25) is 5.02 Å². The fourth-order valence-corrected chi connectivity index (χ4v) is 3.04. The molecule has 0 amide bonds. The van der Waals surface area contributed by atoms with Gasteiger partial charge < -0.3 is 4.74 Å². The van der Waals surface area contributed by atoms with Crippen LogP contribution >= 0.6 is 11.6 Å². The van der Waals surface area contributed by atoms with Crippen molar-refractivity contribution in [1.82, 2.24) is 9.78 Å². The Labute approximate surface area is 128 Å². The van der Waals surface area contributed by atoms with E-state index in [1.165, 1.54) is 0 Å². The number of aryl methyl sites for hydroxylation is 2. The number of ether oxygens (including phenoxy) is 1. The molecule has 0 saturated carbocycles. The van der Waals surface area contributed by atoms with E-state index in [4.69, 9.17) is 16.3 Å². The summed E-state index contributed by atoms with van der Waals surface area (Å²) in [6.45, 7) is 2.66. The van der Waals surface area contributed by atoms with E-state index in [-0.39, 0.29) is 5.78 Å². The molecule has 0 radical (unpaired) electrons. The third-order valence-electron chi connectivity index (χ3n) is 3.72. The molecule has 0 aliphatic carbocycles. The van der Waals surface area contributed by atoms with Gasteiger partial charge >= 0.3 is 0 Å². The molecule has 1 aliphatic rings. The number of Topliss-reactive ketones (excluding diaryl/α,β-unsaturated/α-hetero) is 1. The van der Waals surface area contributed by atoms with Crippen LogP contribution in [-0.4, -0.2) is 22.2 Å². The minimum absolute atomic E-state index is 0.0555. The van der Waals surface area contributed by atoms with E-state index in [0.717, 1.165) is 35.4 Å². The number of carbonyl (C=O) groups excluding carboxylic acids is 1. The second kappa shape index (κ2) is 5.53. The second-order valence-corrected chi connectivity index (χ2v) is 5.70. The number of hydrogen-bond donors (Lipinski definition) is 0. The maximum atomic E-state index is 12.6. The van der Waals surface area contributed by atoms with Gasteiger partial charge in [-0.2, -0.15) is 5.10 Å². The molecule has 0 atom stereocenters. The summed E-state index contributed by atoms with van der Waals surface area (Å²) in [6, 6.07) is 3.74. The molecular formula is C16H17ClN2O2. The Morgan fingerprint density at radius 3 is 3.05 bits per heavy atom. The number of aromatic nitrogens is 2. The summed E-state index contributed by atoms with van der Waals surface area (Å²) in [6.07, 6.45) is 3.67. The summed E-state index contributed by atoms with van der Waals surface area (Å²) in [5.74, 6) is 0.884. The zero-order chi connectivity index (χ0) is 15.0. The van der Waals surface area contributed by atoms with Crippen LogP contribution in [0.5, 0.6) is 5.75 Å². The lowest BCUT2D eigenvalue weighted by Gasteiger charge is -2.08. The average Bonchev–Trinajstić information content (AvgIpc) is 3.04. The van der Waals surface area contributed by atoms with Crippen LogP contribution in [0, 0.1) is 0 Å². The third kappa shape index (κ3) is 2.68. The lowest BCUT2D eigenvalue weighted by Crippen LogP contribution is -2.06. The second-order valence-electron chi connectivity index (χ2n) is 5.27. The van der Waals surface area contributed by atoms with E-state index in [1.807, 2.05) is 26.1 Å². The van der Waals surface area contributed by atoms with E-state index in [9.17, 15) is 4.79 Å². The van der Waals surface area contributed by atoms with Gasteiger partial charge in [0.25, 0.3) is 0 Å². The Bertz CT molecular complexity index is 707. The normalized spacial score (nSPS) is 13.1. The largest absolute Gasteiger partial charge is 0.493 e. The molecule has 0 fully saturated rings. The molecule has 110 valence electrons. The van der Waals surface area contributed by atoms with E-state index in [1.54, 1.807) is 10.9 Å². The van der Waals surface area contributed by atoms with Gasteiger partial charge in [0.1, 0.15) is 5.75 Å². The molecule has 1 aliphatic heterocycles. The first kappa shape index (κ1) is 14.1. The predicted molar refractivity (Wildman–Crippen MR) is 81.3 cm³/mol. The van der Waals surface area contributed by atoms with Gasteiger partial charge in [0.05, 0.1) is 17.9 Å². The van der Waals surface area contributed by atoms with Crippen molar-refractivity contribution >= 4 is 17.4 Å². The van der Waals surface area contributed by atoms with E-state index in [0.29, 0.717) is 23.6 Å². The van der Waals surface area contributed by atoms with Gasteiger partial charge in [-0.3, -0.25) is 9.48 Å². The first-order valence-corrected chi connectivity index (χ1v) is 7.46. The zero-order valence-electron chi connectivity index (χ0n) is 12.1. The molecular weight excluding hydrogens is 288 g/mol. The molecule has 0 bridgehead atoms. The molecule has 4 nitrogen and oxygen atoms in total. The van der Waals surface area contributed by atoms with E-state index >= 15 is 0 Å². The summed E-state index contributed by atoms with van der Waals surface area (Å²) < 4.78 is 7.34. The Morgan fingerprint density at radius 2 is 2.29 bits per heavy atom. The van der Waals surface area contributed by atoms with Crippen molar-refractivity contribution in [2.75, 3.05) is 6.61 Å². The highest BCUT2D eigenvalue weighted by Crippen LogP contribution is 2.33. The fourth-order valence-electron chi connectivity index (χ4n) is 2.77. The van der Waals surface area contributed by atoms with Crippen LogP contribution < -0.4 is 4.74 Å². The summed E-state index contributed by atoms with van der Waals surface area (Å²) in [5.41, 5.74) is 3.48. The molecule has 2 aromatic rings. The molecule has 1 aromatic carbocycles. The van der Waals surface area contributed by atoms with Gasteiger partial charge in [-0.25, -0.2) is 0 Å². The van der Waals surface area contributed by atoms with E-state index in [2.05, 4.69) is 5.10 Å². The summed E-state index contributed by atoms with van der Waals surface area (Å²) >= 11 is 6.14. The number of carbonyl (C=O) groups is 1. The van der Waals surface area contributed by atoms with Crippen molar-refractivity contribution in [3.63, 3.8) is 0 Å². The van der Waals surface area contributed by atoms with Crippen LogP contribution in [0.3, 0.4) is 0 Å². The van der Waals surface area contributed by atoms with Gasteiger partial charge in [0, 0.05) is 36.7 Å². The van der Waals surface area contributed by atoms with Crippen LogP contribution in [0.25, 0.3) is 0 Å². The number of nitrogens with zero attached hydrogens (tertiary/aromatic N) is 2. The maximum absolute atomic E-state index is 12.6. The van der Waals surface area contributed by atoms with Crippen molar-refractivity contribution in [3.8, 4) is 5.75 Å². The van der Waals surface area contributed by atoms with Crippen LogP contribution in [0.15, 0.2) is 18.3 Å². The van der Waals surface area contributed by atoms with Crippen LogP contribution in [0.4, 0.5) is 0 Å². The molecule has 0 spiro atoms. The van der Waals surface area contributed by atoms with Crippen LogP contribution in [-0.2, 0) is 26.3 Å². The molecule has 2 heterocycles. The summed E-state index contributed by atoms with van der Waals surface area (Å²) in [7, 11) is 1.83. The Morgan fingerprint density at radius 1 is 1.48 bits per heavy atom. The van der Waals surface area contributed by atoms with Crippen molar-refractivity contribution in [3.05, 3.63) is 45.7 Å². The van der Waals surface area contributed by atoms with Gasteiger partial charge in [-0.05, 0) is 24.1 Å². The van der Waals surface area contributed by atoms with Gasteiger partial charge in [-0.1, -0.05) is 18.5 Å². The zero-order valence-corrected chi connectivity index (χ0v) is 12.9. The SMILES string of the molecule is CCc1nn(C)cc1C(=O)Cc1cc(Cl)cc2c1OCC2. The van der Waals surface area contributed by atoms with Gasteiger partial charge in [-0.15, -0.1) is 0 Å². The molecule has 5 heteroatoms. The highest BCUT2D eigenvalue weighted by molar-refractivity contribution is 6.30. The van der Waals surface area contributed by atoms with Gasteiger partial charge in [0.2, 0.25) is 0 Å². The van der Waals surface area contributed by atoms with Crippen molar-refractivity contribution in [2.45, 2.75) is 26.2 Å². The van der Waals surface area contributed by atoms with Crippen molar-refractivity contribution in [1.29, 1.82) is 0 Å². The van der Waals surface area contributed by atoms with Crippen LogP contribution in [0.1, 0.15) is 34.1 Å². The number of ketones is 1. The molecule has 21 heavy (non-hydrogen) atoms. The number of hydrogen-bond acceptors (Lipinski definition) is 3. The Balaban J connectivity index is 1.92. The number of halogens is 1. The van der Waals surface area contributed by atoms with Crippen molar-refractivity contribution < 1.29 is 9.53 Å². The average molecular weight is 305 g/mol. The Hall–Kier alpha value is -1.81. The molecule has 0 unspecified atom stereocenters. The molecule has 3 rings (SSSR count).